The third kappa shape index (κ3) is 2.56. The molecule has 2 aromatic rings. The summed E-state index contributed by atoms with van der Waals surface area (Å²) < 4.78 is 2.28. The molecule has 2 heterocycles. The molecule has 2 aromatic heterocycles. The van der Waals surface area contributed by atoms with E-state index in [4.69, 9.17) is 4.98 Å². The van der Waals surface area contributed by atoms with Gasteiger partial charge in [-0.1, -0.05) is 12.8 Å². The summed E-state index contributed by atoms with van der Waals surface area (Å²) in [4.78, 5) is 5.99. The molecule has 0 saturated heterocycles. The monoisotopic (exact) mass is 293 g/mol. The van der Waals surface area contributed by atoms with Crippen LogP contribution in [0.5, 0.6) is 0 Å². The van der Waals surface area contributed by atoms with Gasteiger partial charge in [0.25, 0.3) is 0 Å². The third-order valence-corrected chi connectivity index (χ3v) is 6.15. The van der Waals surface area contributed by atoms with E-state index in [1.807, 2.05) is 11.8 Å². The second kappa shape index (κ2) is 5.11. The van der Waals surface area contributed by atoms with Crippen molar-refractivity contribution in [1.82, 2.24) is 14.7 Å². The number of hydrogen-bond donors (Lipinski definition) is 1. The summed E-state index contributed by atoms with van der Waals surface area (Å²) in [6.07, 6.45) is 10.4. The molecule has 2 saturated carbocycles. The van der Waals surface area contributed by atoms with Crippen LogP contribution in [-0.2, 0) is 6.54 Å². The molecule has 0 atom stereocenters. The first-order chi connectivity index (χ1) is 9.40. The van der Waals surface area contributed by atoms with E-state index in [0.29, 0.717) is 0 Å². The van der Waals surface area contributed by atoms with Gasteiger partial charge in [0, 0.05) is 29.4 Å². The van der Waals surface area contributed by atoms with Crippen LogP contribution in [0.15, 0.2) is 16.6 Å². The van der Waals surface area contributed by atoms with Crippen molar-refractivity contribution in [3.8, 4) is 0 Å². The minimum absolute atomic E-state index is 0.758. The van der Waals surface area contributed by atoms with Crippen LogP contribution in [0.25, 0.3) is 4.96 Å². The Morgan fingerprint density at radius 1 is 1.32 bits per heavy atom. The first-order valence-electron chi connectivity index (χ1n) is 7.24. The lowest BCUT2D eigenvalue weighted by molar-refractivity contribution is 0.661. The lowest BCUT2D eigenvalue weighted by Gasteiger charge is -2.09. The number of nitrogens with one attached hydrogen (secondary N) is 1. The predicted molar refractivity (Wildman–Crippen MR) is 81.0 cm³/mol. The summed E-state index contributed by atoms with van der Waals surface area (Å²) in [6, 6.07) is 0.758. The fourth-order valence-corrected chi connectivity index (χ4v) is 4.88. The zero-order chi connectivity index (χ0) is 12.7. The van der Waals surface area contributed by atoms with Crippen LogP contribution in [0.2, 0.25) is 0 Å². The summed E-state index contributed by atoms with van der Waals surface area (Å²) in [5, 5.41) is 7.83. The summed E-state index contributed by atoms with van der Waals surface area (Å²) >= 11 is 3.76. The average molecular weight is 293 g/mol. The van der Waals surface area contributed by atoms with Gasteiger partial charge in [-0.15, -0.1) is 23.1 Å². The lowest BCUT2D eigenvalue weighted by atomic mass is 10.4. The highest BCUT2D eigenvalue weighted by molar-refractivity contribution is 7.99. The van der Waals surface area contributed by atoms with Crippen molar-refractivity contribution in [2.24, 2.45) is 0 Å². The van der Waals surface area contributed by atoms with Gasteiger partial charge in [-0.25, -0.2) is 4.98 Å². The minimum atomic E-state index is 0.758. The van der Waals surface area contributed by atoms with E-state index in [1.165, 1.54) is 49.2 Å². The van der Waals surface area contributed by atoms with Crippen LogP contribution in [0.1, 0.15) is 44.2 Å². The molecular weight excluding hydrogens is 274 g/mol. The fourth-order valence-electron chi connectivity index (χ4n) is 2.76. The molecule has 0 aromatic carbocycles. The molecule has 3 nitrogen and oxygen atoms in total. The van der Waals surface area contributed by atoms with E-state index in [2.05, 4.69) is 21.3 Å². The van der Waals surface area contributed by atoms with Gasteiger partial charge in [-0.3, -0.25) is 4.40 Å². The number of imidazole rings is 1. The molecule has 102 valence electrons. The second-order valence-corrected chi connectivity index (χ2v) is 7.76. The Labute approximate surface area is 121 Å². The number of thioether (sulfide) groups is 1. The molecule has 0 bridgehead atoms. The van der Waals surface area contributed by atoms with E-state index in [1.54, 1.807) is 11.3 Å². The first kappa shape index (κ1) is 12.2. The molecule has 19 heavy (non-hydrogen) atoms. The van der Waals surface area contributed by atoms with E-state index in [9.17, 15) is 0 Å². The second-order valence-electron chi connectivity index (χ2n) is 5.60. The highest BCUT2D eigenvalue weighted by Gasteiger charge is 2.24. The minimum Gasteiger partial charge on any atom is -0.308 e. The SMILES string of the molecule is c1cn2c(CNC3CC3)c(SC3CCCC3)nc2s1. The van der Waals surface area contributed by atoms with Gasteiger partial charge in [-0.2, -0.15) is 0 Å². The molecular formula is C14H19N3S2. The standard InChI is InChI=1S/C14H19N3S2/c1-2-4-11(3-1)19-13-12(9-15-10-5-6-10)17-7-8-18-14(17)16-13/h7-8,10-11,15H,1-6,9H2. The van der Waals surface area contributed by atoms with Gasteiger partial charge < -0.3 is 5.32 Å². The van der Waals surface area contributed by atoms with Crippen LogP contribution in [-0.4, -0.2) is 20.7 Å². The van der Waals surface area contributed by atoms with Gasteiger partial charge in [0.2, 0.25) is 0 Å². The molecule has 0 aliphatic heterocycles. The number of rotatable bonds is 5. The normalized spacial score (nSPS) is 20.6. The van der Waals surface area contributed by atoms with Crippen molar-refractivity contribution in [2.45, 2.75) is 61.4 Å². The molecule has 4 rings (SSSR count). The molecule has 0 spiro atoms. The molecule has 2 aliphatic carbocycles. The highest BCUT2D eigenvalue weighted by Crippen LogP contribution is 2.37. The summed E-state index contributed by atoms with van der Waals surface area (Å²) in [6.45, 7) is 0.970. The maximum absolute atomic E-state index is 4.84. The Hall–Kier alpha value is -0.520. The van der Waals surface area contributed by atoms with Gasteiger partial charge in [0.1, 0.15) is 5.03 Å². The molecule has 2 aliphatic rings. The quantitative estimate of drug-likeness (QED) is 0.912. The molecule has 0 amide bonds. The van der Waals surface area contributed by atoms with Crippen molar-refractivity contribution in [3.05, 3.63) is 17.3 Å². The Kier molecular flexibility index (Phi) is 3.29. The zero-order valence-corrected chi connectivity index (χ0v) is 12.6. The van der Waals surface area contributed by atoms with E-state index < -0.39 is 0 Å². The van der Waals surface area contributed by atoms with Crippen LogP contribution in [0.3, 0.4) is 0 Å². The van der Waals surface area contributed by atoms with E-state index in [0.717, 1.165) is 22.8 Å². The van der Waals surface area contributed by atoms with Crippen molar-refractivity contribution < 1.29 is 0 Å². The molecule has 1 N–H and O–H groups in total. The van der Waals surface area contributed by atoms with Crippen molar-refractivity contribution in [3.63, 3.8) is 0 Å². The highest BCUT2D eigenvalue weighted by atomic mass is 32.2. The number of hydrogen-bond acceptors (Lipinski definition) is 4. The smallest absolute Gasteiger partial charge is 0.194 e. The molecule has 2 fully saturated rings. The van der Waals surface area contributed by atoms with Crippen LogP contribution < -0.4 is 5.32 Å². The van der Waals surface area contributed by atoms with E-state index >= 15 is 0 Å². The predicted octanol–water partition coefficient (Wildman–Crippen LogP) is 3.68. The summed E-state index contributed by atoms with van der Waals surface area (Å²) in [5.74, 6) is 0. The Morgan fingerprint density at radius 2 is 2.16 bits per heavy atom. The number of aromatic nitrogens is 2. The van der Waals surface area contributed by atoms with Crippen LogP contribution in [0.4, 0.5) is 0 Å². The van der Waals surface area contributed by atoms with Crippen LogP contribution in [0, 0.1) is 0 Å². The number of thiazole rings is 1. The molecule has 5 heteroatoms. The topological polar surface area (TPSA) is 29.3 Å². The zero-order valence-electron chi connectivity index (χ0n) is 11.0. The number of nitrogens with zero attached hydrogens (tertiary/aromatic N) is 2. The van der Waals surface area contributed by atoms with Gasteiger partial charge >= 0.3 is 0 Å². The van der Waals surface area contributed by atoms with Gasteiger partial charge in [0.05, 0.1) is 5.69 Å². The Morgan fingerprint density at radius 3 is 2.95 bits per heavy atom. The maximum atomic E-state index is 4.84. The fraction of sp³-hybridized carbons (Fsp3) is 0.643. The van der Waals surface area contributed by atoms with E-state index in [-0.39, 0.29) is 0 Å². The van der Waals surface area contributed by atoms with Crippen molar-refractivity contribution in [2.75, 3.05) is 0 Å². The largest absolute Gasteiger partial charge is 0.308 e. The van der Waals surface area contributed by atoms with Gasteiger partial charge in [-0.05, 0) is 25.7 Å². The molecule has 0 radical (unpaired) electrons. The van der Waals surface area contributed by atoms with Crippen molar-refractivity contribution in [1.29, 1.82) is 0 Å². The Bertz CT molecular complexity index is 564. The summed E-state index contributed by atoms with van der Waals surface area (Å²) in [7, 11) is 0. The van der Waals surface area contributed by atoms with Crippen LogP contribution >= 0.6 is 23.1 Å². The first-order valence-corrected chi connectivity index (χ1v) is 9.00. The summed E-state index contributed by atoms with van der Waals surface area (Å²) in [5.41, 5.74) is 1.38. The van der Waals surface area contributed by atoms with Crippen molar-refractivity contribution >= 4 is 28.1 Å². The molecule has 0 unspecified atom stereocenters. The third-order valence-electron chi connectivity index (χ3n) is 4.04. The van der Waals surface area contributed by atoms with Gasteiger partial charge in [0.15, 0.2) is 4.96 Å². The Balaban J connectivity index is 1.58. The number of fused-ring (bicyclic) bond motifs is 1. The maximum Gasteiger partial charge on any atom is 0.194 e. The lowest BCUT2D eigenvalue weighted by Crippen LogP contribution is -2.17. The average Bonchev–Trinajstić information content (AvgIpc) is 2.81.